The van der Waals surface area contributed by atoms with Gasteiger partial charge in [-0.05, 0) is 30.3 Å². The van der Waals surface area contributed by atoms with Gasteiger partial charge in [0, 0.05) is 30.1 Å². The van der Waals surface area contributed by atoms with Gasteiger partial charge >= 0.3 is 0 Å². The highest BCUT2D eigenvalue weighted by atomic mass is 32.2. The Kier molecular flexibility index (Phi) is 5.03. The molecule has 0 fully saturated rings. The zero-order valence-corrected chi connectivity index (χ0v) is 16.8. The second-order valence-corrected chi connectivity index (χ2v) is 8.80. The van der Waals surface area contributed by atoms with Crippen LogP contribution in [0.3, 0.4) is 0 Å². The fraction of sp³-hybridized carbons (Fsp3) is 0.143. The number of fused-ring (bicyclic) bond motifs is 2. The Morgan fingerprint density at radius 1 is 1.10 bits per heavy atom. The number of nitrogens with one attached hydrogen (secondary N) is 3. The predicted molar refractivity (Wildman–Crippen MR) is 113 cm³/mol. The lowest BCUT2D eigenvalue weighted by atomic mass is 10.0. The van der Waals surface area contributed by atoms with E-state index in [1.165, 1.54) is 25.4 Å². The van der Waals surface area contributed by atoms with E-state index in [4.69, 9.17) is 0 Å². The summed E-state index contributed by atoms with van der Waals surface area (Å²) in [5.41, 5.74) is 2.82. The molecule has 0 aromatic heterocycles. The lowest BCUT2D eigenvalue weighted by molar-refractivity contribution is -0.120. The van der Waals surface area contributed by atoms with Crippen molar-refractivity contribution < 1.29 is 18.0 Å². The van der Waals surface area contributed by atoms with E-state index in [9.17, 15) is 18.0 Å². The SMILES string of the molecule is CN1CC(=O)NCC#Cc2cccc3c2/C(=C/Nc2cccc(c2)S1(=O)=O)C(=O)N3. The van der Waals surface area contributed by atoms with E-state index in [0.717, 1.165) is 4.31 Å². The third kappa shape index (κ3) is 3.66. The van der Waals surface area contributed by atoms with E-state index in [0.29, 0.717) is 28.1 Å². The third-order valence-corrected chi connectivity index (χ3v) is 6.51. The molecule has 8 nitrogen and oxygen atoms in total. The Labute approximate surface area is 174 Å². The molecule has 0 atom stereocenters. The molecule has 2 aromatic rings. The zero-order valence-electron chi connectivity index (χ0n) is 16.0. The quantitative estimate of drug-likeness (QED) is 0.553. The number of likely N-dealkylation sites (N-methyl/N-ethyl adjacent to an activating group) is 1. The molecule has 30 heavy (non-hydrogen) atoms. The van der Waals surface area contributed by atoms with Crippen LogP contribution >= 0.6 is 0 Å². The molecular weight excluding hydrogens is 404 g/mol. The molecular formula is C21H18N4O4S. The molecule has 2 bridgehead atoms. The Hall–Kier alpha value is -3.61. The van der Waals surface area contributed by atoms with Crippen molar-refractivity contribution in [3.8, 4) is 11.8 Å². The lowest BCUT2D eigenvalue weighted by Crippen LogP contribution is -2.38. The first-order valence-corrected chi connectivity index (χ1v) is 10.5. The summed E-state index contributed by atoms with van der Waals surface area (Å²) in [6, 6.07) is 11.5. The Morgan fingerprint density at radius 2 is 1.90 bits per heavy atom. The molecule has 4 rings (SSSR count). The molecule has 2 amide bonds. The number of rotatable bonds is 0. The summed E-state index contributed by atoms with van der Waals surface area (Å²) in [5, 5.41) is 8.39. The van der Waals surface area contributed by atoms with Gasteiger partial charge in [0.1, 0.15) is 0 Å². The van der Waals surface area contributed by atoms with Gasteiger partial charge in [-0.3, -0.25) is 9.59 Å². The maximum Gasteiger partial charge on any atom is 0.257 e. The number of carbonyl (C=O) groups excluding carboxylic acids is 2. The van der Waals surface area contributed by atoms with Crippen molar-refractivity contribution in [3.05, 3.63) is 59.8 Å². The van der Waals surface area contributed by atoms with Crippen LogP contribution in [0.2, 0.25) is 0 Å². The minimum atomic E-state index is -3.87. The highest BCUT2D eigenvalue weighted by Gasteiger charge is 2.27. The van der Waals surface area contributed by atoms with Gasteiger partial charge in [0.25, 0.3) is 5.91 Å². The van der Waals surface area contributed by atoms with Gasteiger partial charge in [-0.25, -0.2) is 8.42 Å². The second kappa shape index (κ2) is 7.67. The van der Waals surface area contributed by atoms with Crippen molar-refractivity contribution in [2.24, 2.45) is 0 Å². The van der Waals surface area contributed by atoms with Crippen molar-refractivity contribution in [2.45, 2.75) is 4.90 Å². The molecule has 0 radical (unpaired) electrons. The summed E-state index contributed by atoms with van der Waals surface area (Å²) in [6.07, 6.45) is 1.54. The first-order valence-electron chi connectivity index (χ1n) is 9.10. The second-order valence-electron chi connectivity index (χ2n) is 6.75. The van der Waals surface area contributed by atoms with E-state index in [2.05, 4.69) is 27.8 Å². The topological polar surface area (TPSA) is 108 Å². The minimum Gasteiger partial charge on any atom is -0.361 e. The van der Waals surface area contributed by atoms with Crippen LogP contribution in [0.15, 0.2) is 53.6 Å². The molecule has 0 saturated carbocycles. The van der Waals surface area contributed by atoms with Gasteiger partial charge in [-0.2, -0.15) is 4.31 Å². The molecule has 152 valence electrons. The highest BCUT2D eigenvalue weighted by Crippen LogP contribution is 2.34. The van der Waals surface area contributed by atoms with Crippen LogP contribution in [0.25, 0.3) is 5.57 Å². The first kappa shape index (κ1) is 19.7. The van der Waals surface area contributed by atoms with Crippen molar-refractivity contribution in [3.63, 3.8) is 0 Å². The van der Waals surface area contributed by atoms with Crippen LogP contribution in [0.4, 0.5) is 11.4 Å². The highest BCUT2D eigenvalue weighted by molar-refractivity contribution is 7.89. The number of sulfonamides is 1. The van der Waals surface area contributed by atoms with Gasteiger partial charge < -0.3 is 16.0 Å². The molecule has 0 unspecified atom stereocenters. The van der Waals surface area contributed by atoms with Crippen molar-refractivity contribution >= 4 is 38.8 Å². The Balaban J connectivity index is 1.83. The van der Waals surface area contributed by atoms with Crippen molar-refractivity contribution in [2.75, 3.05) is 30.8 Å². The molecule has 2 aliphatic heterocycles. The van der Waals surface area contributed by atoms with Gasteiger partial charge in [0.15, 0.2) is 0 Å². The van der Waals surface area contributed by atoms with Gasteiger partial charge in [0.2, 0.25) is 15.9 Å². The number of amides is 2. The third-order valence-electron chi connectivity index (χ3n) is 4.72. The number of hydrogen-bond donors (Lipinski definition) is 3. The molecule has 0 saturated heterocycles. The van der Waals surface area contributed by atoms with Crippen LogP contribution < -0.4 is 16.0 Å². The van der Waals surface area contributed by atoms with Crippen LogP contribution in [0.1, 0.15) is 11.1 Å². The van der Waals surface area contributed by atoms with Crippen LogP contribution in [-0.2, 0) is 19.6 Å². The largest absolute Gasteiger partial charge is 0.361 e. The van der Waals surface area contributed by atoms with Crippen molar-refractivity contribution in [1.82, 2.24) is 9.62 Å². The van der Waals surface area contributed by atoms with Crippen LogP contribution in [0.5, 0.6) is 0 Å². The molecule has 0 spiro atoms. The predicted octanol–water partition coefficient (Wildman–Crippen LogP) is 1.19. The molecule has 3 N–H and O–H groups in total. The standard InChI is InChI=1S/C21H18N4O4S/c1-25-13-19(26)22-10-4-6-14-5-2-9-18-20(14)17(21(27)24-18)12-23-15-7-3-8-16(11-15)30(25,28)29/h2-3,5,7-9,11-12,23H,10,13H2,1H3,(H,22,26)(H,24,27)/b17-12-. The molecule has 0 aliphatic carbocycles. The molecule has 9 heteroatoms. The van der Waals surface area contributed by atoms with Gasteiger partial charge in [0.05, 0.1) is 29.2 Å². The smallest absolute Gasteiger partial charge is 0.257 e. The first-order chi connectivity index (χ1) is 14.4. The summed E-state index contributed by atoms with van der Waals surface area (Å²) in [6.45, 7) is -0.282. The zero-order chi connectivity index (χ0) is 21.3. The average Bonchev–Trinajstić information content (AvgIpc) is 3.05. The number of hydrogen-bond acceptors (Lipinski definition) is 5. The number of carbonyl (C=O) groups is 2. The Bertz CT molecular complexity index is 1260. The van der Waals surface area contributed by atoms with Crippen molar-refractivity contribution in [1.29, 1.82) is 0 Å². The minimum absolute atomic E-state index is 0.0325. The van der Waals surface area contributed by atoms with E-state index < -0.39 is 15.9 Å². The maximum absolute atomic E-state index is 12.8. The number of benzene rings is 2. The molecule has 2 aromatic carbocycles. The number of nitrogens with zero attached hydrogens (tertiary/aromatic N) is 1. The van der Waals surface area contributed by atoms with Crippen LogP contribution in [0, 0.1) is 11.8 Å². The van der Waals surface area contributed by atoms with E-state index in [1.54, 1.807) is 30.3 Å². The van der Waals surface area contributed by atoms with Gasteiger partial charge in [-0.15, -0.1) is 0 Å². The lowest BCUT2D eigenvalue weighted by Gasteiger charge is -2.17. The summed E-state index contributed by atoms with van der Waals surface area (Å²) < 4.78 is 26.6. The maximum atomic E-state index is 12.8. The fourth-order valence-corrected chi connectivity index (χ4v) is 4.37. The van der Waals surface area contributed by atoms with E-state index >= 15 is 0 Å². The molecule has 2 aliphatic rings. The van der Waals surface area contributed by atoms with E-state index in [-0.39, 0.29) is 23.9 Å². The number of anilines is 2. The Morgan fingerprint density at radius 3 is 2.73 bits per heavy atom. The summed E-state index contributed by atoms with van der Waals surface area (Å²) in [4.78, 5) is 24.6. The summed E-state index contributed by atoms with van der Waals surface area (Å²) in [7, 11) is -2.53. The molecule has 2 heterocycles. The van der Waals surface area contributed by atoms with Gasteiger partial charge in [-0.1, -0.05) is 24.0 Å². The summed E-state index contributed by atoms with van der Waals surface area (Å²) in [5.74, 6) is 5.07. The average molecular weight is 422 g/mol. The van der Waals surface area contributed by atoms with Crippen LogP contribution in [-0.4, -0.2) is 44.7 Å². The summed E-state index contributed by atoms with van der Waals surface area (Å²) >= 11 is 0. The fourth-order valence-electron chi connectivity index (χ4n) is 3.20. The monoisotopic (exact) mass is 422 g/mol. The normalized spacial score (nSPS) is 19.8. The van der Waals surface area contributed by atoms with E-state index in [1.807, 2.05) is 0 Å².